The fourth-order valence-corrected chi connectivity index (χ4v) is 4.54. The zero-order chi connectivity index (χ0) is 13.0. The zero-order valence-corrected chi connectivity index (χ0v) is 13.2. The third-order valence-corrected chi connectivity index (χ3v) is 6.42. The van der Waals surface area contributed by atoms with Crippen LogP contribution in [0.1, 0.15) is 46.5 Å². The fraction of sp³-hybridized carbons (Fsp3) is 1.00. The highest BCUT2D eigenvalue weighted by molar-refractivity contribution is 8.00. The third-order valence-electron chi connectivity index (χ3n) is 4.89. The topological polar surface area (TPSA) is 15.3 Å². The van der Waals surface area contributed by atoms with Crippen LogP contribution >= 0.6 is 11.8 Å². The van der Waals surface area contributed by atoms with Gasteiger partial charge >= 0.3 is 0 Å². The zero-order valence-electron chi connectivity index (χ0n) is 12.4. The van der Waals surface area contributed by atoms with E-state index in [9.17, 15) is 0 Å². The molecule has 2 heterocycles. The molecule has 2 aliphatic heterocycles. The summed E-state index contributed by atoms with van der Waals surface area (Å²) < 4.78 is 0.512. The van der Waals surface area contributed by atoms with Gasteiger partial charge in [-0.15, -0.1) is 0 Å². The average molecular weight is 270 g/mol. The average Bonchev–Trinajstić information content (AvgIpc) is 2.83. The van der Waals surface area contributed by atoms with Crippen molar-refractivity contribution in [3.05, 3.63) is 0 Å². The molecular formula is C15H30N2S. The van der Waals surface area contributed by atoms with Crippen molar-refractivity contribution >= 4 is 11.8 Å². The normalized spacial score (nSPS) is 32.8. The molecule has 3 heteroatoms. The van der Waals surface area contributed by atoms with E-state index in [0.717, 1.165) is 5.92 Å². The van der Waals surface area contributed by atoms with Gasteiger partial charge in [0, 0.05) is 17.3 Å². The summed E-state index contributed by atoms with van der Waals surface area (Å²) in [6, 6.07) is 0.696. The largest absolute Gasteiger partial charge is 0.313 e. The van der Waals surface area contributed by atoms with Gasteiger partial charge in [-0.25, -0.2) is 0 Å². The molecule has 2 aliphatic rings. The summed E-state index contributed by atoms with van der Waals surface area (Å²) in [5.74, 6) is 2.25. The maximum atomic E-state index is 3.83. The Bertz CT molecular complexity index is 243. The van der Waals surface area contributed by atoms with Crippen molar-refractivity contribution < 1.29 is 0 Å². The summed E-state index contributed by atoms with van der Waals surface area (Å²) in [5.41, 5.74) is 0. The molecule has 0 amide bonds. The Balaban J connectivity index is 1.70. The standard InChI is InChI=1S/C15H30N2S/c1-4-17-9-6-14(7-10-17)13(2)16-12-15(3)8-5-11-18-15/h13-14,16H,4-12H2,1-3H3. The van der Waals surface area contributed by atoms with E-state index in [1.165, 1.54) is 57.6 Å². The molecule has 2 saturated heterocycles. The first-order valence-corrected chi connectivity index (χ1v) is 8.71. The van der Waals surface area contributed by atoms with E-state index >= 15 is 0 Å². The highest BCUT2D eigenvalue weighted by Crippen LogP contribution is 2.37. The molecule has 0 aromatic heterocycles. The molecule has 0 aromatic rings. The maximum absolute atomic E-state index is 3.83. The first kappa shape index (κ1) is 14.7. The second kappa shape index (κ2) is 6.62. The minimum absolute atomic E-state index is 0.512. The molecule has 2 fully saturated rings. The molecule has 2 nitrogen and oxygen atoms in total. The Morgan fingerprint density at radius 1 is 1.39 bits per heavy atom. The predicted octanol–water partition coefficient (Wildman–Crippen LogP) is 2.98. The van der Waals surface area contributed by atoms with Gasteiger partial charge in [-0.05, 0) is 70.8 Å². The van der Waals surface area contributed by atoms with Crippen LogP contribution in [0.5, 0.6) is 0 Å². The van der Waals surface area contributed by atoms with E-state index in [-0.39, 0.29) is 0 Å². The SMILES string of the molecule is CCN1CCC(C(C)NCC2(C)CCCS2)CC1. The van der Waals surface area contributed by atoms with Crippen molar-refractivity contribution in [2.75, 3.05) is 31.9 Å². The smallest absolute Gasteiger partial charge is 0.0256 e. The van der Waals surface area contributed by atoms with Gasteiger partial charge in [0.25, 0.3) is 0 Å². The van der Waals surface area contributed by atoms with E-state index in [1.54, 1.807) is 0 Å². The number of likely N-dealkylation sites (tertiary alicyclic amines) is 1. The van der Waals surface area contributed by atoms with Gasteiger partial charge in [0.15, 0.2) is 0 Å². The highest BCUT2D eigenvalue weighted by atomic mass is 32.2. The molecule has 18 heavy (non-hydrogen) atoms. The lowest BCUT2D eigenvalue weighted by atomic mass is 9.90. The number of hydrogen-bond acceptors (Lipinski definition) is 3. The van der Waals surface area contributed by atoms with Crippen LogP contribution in [0.3, 0.4) is 0 Å². The van der Waals surface area contributed by atoms with Crippen LogP contribution in [0.2, 0.25) is 0 Å². The molecule has 0 aromatic carbocycles. The van der Waals surface area contributed by atoms with Crippen LogP contribution in [-0.2, 0) is 0 Å². The fourth-order valence-electron chi connectivity index (χ4n) is 3.29. The van der Waals surface area contributed by atoms with Gasteiger partial charge in [0.2, 0.25) is 0 Å². The van der Waals surface area contributed by atoms with Crippen molar-refractivity contribution in [2.45, 2.75) is 57.2 Å². The Morgan fingerprint density at radius 3 is 2.67 bits per heavy atom. The summed E-state index contributed by atoms with van der Waals surface area (Å²) in [6.07, 6.45) is 5.56. The second-order valence-corrected chi connectivity index (χ2v) is 8.03. The minimum atomic E-state index is 0.512. The van der Waals surface area contributed by atoms with Crippen molar-refractivity contribution in [2.24, 2.45) is 5.92 Å². The Kier molecular flexibility index (Phi) is 5.40. The van der Waals surface area contributed by atoms with Crippen LogP contribution < -0.4 is 5.32 Å². The predicted molar refractivity (Wildman–Crippen MR) is 82.4 cm³/mol. The van der Waals surface area contributed by atoms with Gasteiger partial charge in [-0.3, -0.25) is 0 Å². The number of thioether (sulfide) groups is 1. The Labute approximate surface area is 117 Å². The van der Waals surface area contributed by atoms with E-state index in [0.29, 0.717) is 10.8 Å². The summed E-state index contributed by atoms with van der Waals surface area (Å²) in [4.78, 5) is 2.58. The number of rotatable bonds is 5. The number of nitrogens with zero attached hydrogens (tertiary/aromatic N) is 1. The molecule has 1 N–H and O–H groups in total. The summed E-state index contributed by atoms with van der Waals surface area (Å²) in [6.45, 7) is 12.1. The van der Waals surface area contributed by atoms with Crippen LogP contribution in [0, 0.1) is 5.92 Å². The molecule has 0 spiro atoms. The summed E-state index contributed by atoms with van der Waals surface area (Å²) >= 11 is 2.17. The van der Waals surface area contributed by atoms with Crippen molar-refractivity contribution in [1.82, 2.24) is 10.2 Å². The molecule has 2 rings (SSSR count). The highest BCUT2D eigenvalue weighted by Gasteiger charge is 2.31. The summed E-state index contributed by atoms with van der Waals surface area (Å²) in [7, 11) is 0. The van der Waals surface area contributed by atoms with Crippen LogP contribution in [0.15, 0.2) is 0 Å². The molecule has 0 bridgehead atoms. The first-order valence-electron chi connectivity index (χ1n) is 7.73. The molecule has 0 saturated carbocycles. The van der Waals surface area contributed by atoms with Gasteiger partial charge in [0.05, 0.1) is 0 Å². The molecule has 0 radical (unpaired) electrons. The maximum Gasteiger partial charge on any atom is 0.0256 e. The lowest BCUT2D eigenvalue weighted by Gasteiger charge is -2.36. The second-order valence-electron chi connectivity index (χ2n) is 6.34. The van der Waals surface area contributed by atoms with Gasteiger partial charge in [-0.1, -0.05) is 6.92 Å². The molecule has 0 aliphatic carbocycles. The Morgan fingerprint density at radius 2 is 2.11 bits per heavy atom. The lowest BCUT2D eigenvalue weighted by molar-refractivity contribution is 0.168. The lowest BCUT2D eigenvalue weighted by Crippen LogP contribution is -2.45. The van der Waals surface area contributed by atoms with Crippen LogP contribution in [0.25, 0.3) is 0 Å². The number of piperidine rings is 1. The minimum Gasteiger partial charge on any atom is -0.313 e. The van der Waals surface area contributed by atoms with E-state index in [4.69, 9.17) is 0 Å². The van der Waals surface area contributed by atoms with Crippen molar-refractivity contribution in [1.29, 1.82) is 0 Å². The third kappa shape index (κ3) is 3.88. The summed E-state index contributed by atoms with van der Waals surface area (Å²) in [5, 5.41) is 3.83. The quantitative estimate of drug-likeness (QED) is 0.827. The monoisotopic (exact) mass is 270 g/mol. The van der Waals surface area contributed by atoms with Crippen LogP contribution in [0.4, 0.5) is 0 Å². The first-order chi connectivity index (χ1) is 8.63. The van der Waals surface area contributed by atoms with Gasteiger partial charge in [-0.2, -0.15) is 11.8 Å². The molecule has 2 unspecified atom stereocenters. The van der Waals surface area contributed by atoms with Gasteiger partial charge < -0.3 is 10.2 Å². The molecule has 106 valence electrons. The number of hydrogen-bond donors (Lipinski definition) is 1. The number of nitrogens with one attached hydrogen (secondary N) is 1. The van der Waals surface area contributed by atoms with Crippen LogP contribution in [-0.4, -0.2) is 47.6 Å². The van der Waals surface area contributed by atoms with Gasteiger partial charge in [0.1, 0.15) is 0 Å². The Hall–Kier alpha value is 0.270. The van der Waals surface area contributed by atoms with Crippen molar-refractivity contribution in [3.63, 3.8) is 0 Å². The molecular weight excluding hydrogens is 240 g/mol. The van der Waals surface area contributed by atoms with E-state index in [2.05, 4.69) is 42.7 Å². The van der Waals surface area contributed by atoms with E-state index < -0.39 is 0 Å². The van der Waals surface area contributed by atoms with Crippen molar-refractivity contribution in [3.8, 4) is 0 Å². The molecule has 2 atom stereocenters. The van der Waals surface area contributed by atoms with E-state index in [1.807, 2.05) is 0 Å².